The maximum Gasteiger partial charge on any atom is 0.224 e. The van der Waals surface area contributed by atoms with Gasteiger partial charge in [0, 0.05) is 18.2 Å². The number of carbonyl (C=O) groups excluding carboxylic acids is 1. The van der Waals surface area contributed by atoms with Gasteiger partial charge in [0.05, 0.1) is 7.11 Å². The molecule has 0 saturated heterocycles. The number of benzene rings is 1. The molecule has 14 heavy (non-hydrogen) atoms. The van der Waals surface area contributed by atoms with E-state index in [1.165, 1.54) is 19.2 Å². The Morgan fingerprint density at radius 2 is 2.29 bits per heavy atom. The Labute approximate surface area is 81.9 Å². The number of nitrogens with one attached hydrogen (secondary N) is 1. The van der Waals surface area contributed by atoms with Crippen LogP contribution in [0, 0.1) is 5.82 Å². The van der Waals surface area contributed by atoms with Crippen molar-refractivity contribution in [3.05, 3.63) is 24.0 Å². The van der Waals surface area contributed by atoms with E-state index in [2.05, 4.69) is 5.32 Å². The zero-order valence-corrected chi connectivity index (χ0v) is 8.13. The van der Waals surface area contributed by atoms with E-state index in [4.69, 9.17) is 4.74 Å². The molecule has 1 amide bonds. The summed E-state index contributed by atoms with van der Waals surface area (Å²) in [6.07, 6.45) is 0.369. The fourth-order valence-electron chi connectivity index (χ4n) is 0.994. The van der Waals surface area contributed by atoms with Crippen molar-refractivity contribution in [2.45, 2.75) is 13.3 Å². The van der Waals surface area contributed by atoms with Gasteiger partial charge in [0.2, 0.25) is 5.91 Å². The summed E-state index contributed by atoms with van der Waals surface area (Å²) in [5.74, 6) is -0.463. The van der Waals surface area contributed by atoms with Crippen LogP contribution in [0.5, 0.6) is 5.75 Å². The molecule has 1 rings (SSSR count). The molecule has 0 aliphatic rings. The predicted molar refractivity (Wildman–Crippen MR) is 51.9 cm³/mol. The van der Waals surface area contributed by atoms with Crippen molar-refractivity contribution < 1.29 is 13.9 Å². The average molecular weight is 197 g/mol. The van der Waals surface area contributed by atoms with Gasteiger partial charge in [0.15, 0.2) is 11.6 Å². The molecule has 1 N–H and O–H groups in total. The van der Waals surface area contributed by atoms with Crippen LogP contribution in [-0.2, 0) is 4.79 Å². The summed E-state index contributed by atoms with van der Waals surface area (Å²) in [6, 6.07) is 4.29. The number of halogens is 1. The summed E-state index contributed by atoms with van der Waals surface area (Å²) in [4.78, 5) is 11.0. The second-order valence-corrected chi connectivity index (χ2v) is 2.75. The summed E-state index contributed by atoms with van der Waals surface area (Å²) in [6.45, 7) is 1.73. The zero-order valence-electron chi connectivity index (χ0n) is 8.13. The second-order valence-electron chi connectivity index (χ2n) is 2.75. The lowest BCUT2D eigenvalue weighted by Gasteiger charge is -2.05. The fourth-order valence-corrected chi connectivity index (χ4v) is 0.994. The Kier molecular flexibility index (Phi) is 3.45. The summed E-state index contributed by atoms with van der Waals surface area (Å²) >= 11 is 0. The largest absolute Gasteiger partial charge is 0.494 e. The molecule has 0 radical (unpaired) electrons. The first kappa shape index (κ1) is 10.5. The molecule has 0 aliphatic carbocycles. The van der Waals surface area contributed by atoms with Gasteiger partial charge >= 0.3 is 0 Å². The fraction of sp³-hybridized carbons (Fsp3) is 0.300. The first-order valence-electron chi connectivity index (χ1n) is 4.30. The van der Waals surface area contributed by atoms with E-state index in [0.717, 1.165) is 0 Å². The van der Waals surface area contributed by atoms with E-state index in [1.54, 1.807) is 13.0 Å². The molecule has 3 nitrogen and oxygen atoms in total. The molecule has 1 aromatic carbocycles. The monoisotopic (exact) mass is 197 g/mol. The molecule has 1 aromatic rings. The maximum atomic E-state index is 13.1. The standard InChI is InChI=1S/C10H12FNO2/c1-3-10(13)12-7-4-5-9(14-2)8(11)6-7/h4-6H,3H2,1-2H3,(H,12,13). The zero-order chi connectivity index (χ0) is 10.6. The smallest absolute Gasteiger partial charge is 0.224 e. The number of carbonyl (C=O) groups is 1. The van der Waals surface area contributed by atoms with Gasteiger partial charge in [-0.15, -0.1) is 0 Å². The van der Waals surface area contributed by atoms with Crippen LogP contribution in [0.25, 0.3) is 0 Å². The molecule has 0 fully saturated rings. The van der Waals surface area contributed by atoms with Crippen LogP contribution < -0.4 is 10.1 Å². The van der Waals surface area contributed by atoms with Crippen LogP contribution in [0.15, 0.2) is 18.2 Å². The van der Waals surface area contributed by atoms with E-state index in [1.807, 2.05) is 0 Å². The first-order valence-corrected chi connectivity index (χ1v) is 4.30. The van der Waals surface area contributed by atoms with Crippen molar-refractivity contribution >= 4 is 11.6 Å². The lowest BCUT2D eigenvalue weighted by molar-refractivity contribution is -0.115. The topological polar surface area (TPSA) is 38.3 Å². The van der Waals surface area contributed by atoms with E-state index >= 15 is 0 Å². The third-order valence-corrected chi connectivity index (χ3v) is 1.76. The minimum atomic E-state index is -0.485. The summed E-state index contributed by atoms with van der Waals surface area (Å²) < 4.78 is 17.9. The second kappa shape index (κ2) is 4.60. The number of hydrogen-bond donors (Lipinski definition) is 1. The summed E-state index contributed by atoms with van der Waals surface area (Å²) in [7, 11) is 1.39. The van der Waals surface area contributed by atoms with Crippen LogP contribution in [-0.4, -0.2) is 13.0 Å². The Balaban J connectivity index is 2.81. The molecule has 0 bridgehead atoms. The maximum absolute atomic E-state index is 13.1. The summed E-state index contributed by atoms with van der Waals surface area (Å²) in [5.41, 5.74) is 0.440. The summed E-state index contributed by atoms with van der Waals surface area (Å²) in [5, 5.41) is 2.55. The normalized spacial score (nSPS) is 9.64. The molecular weight excluding hydrogens is 185 g/mol. The van der Waals surface area contributed by atoms with Crippen molar-refractivity contribution in [2.24, 2.45) is 0 Å². The first-order chi connectivity index (χ1) is 6.67. The SMILES string of the molecule is CCC(=O)Nc1ccc(OC)c(F)c1. The van der Waals surface area contributed by atoms with E-state index in [-0.39, 0.29) is 11.7 Å². The van der Waals surface area contributed by atoms with Crippen LogP contribution in [0.3, 0.4) is 0 Å². The minimum Gasteiger partial charge on any atom is -0.494 e. The van der Waals surface area contributed by atoms with Gasteiger partial charge in [-0.1, -0.05) is 6.92 Å². The Morgan fingerprint density at radius 1 is 1.57 bits per heavy atom. The molecule has 4 heteroatoms. The lowest BCUT2D eigenvalue weighted by Crippen LogP contribution is -2.09. The van der Waals surface area contributed by atoms with E-state index in [9.17, 15) is 9.18 Å². The Bertz CT molecular complexity index is 339. The number of rotatable bonds is 3. The van der Waals surface area contributed by atoms with Gasteiger partial charge < -0.3 is 10.1 Å². The van der Waals surface area contributed by atoms with Gasteiger partial charge in [-0.25, -0.2) is 4.39 Å². The number of amides is 1. The van der Waals surface area contributed by atoms with Gasteiger partial charge in [-0.2, -0.15) is 0 Å². The highest BCUT2D eigenvalue weighted by molar-refractivity contribution is 5.90. The Morgan fingerprint density at radius 3 is 2.79 bits per heavy atom. The van der Waals surface area contributed by atoms with Crippen LogP contribution >= 0.6 is 0 Å². The minimum absolute atomic E-state index is 0.144. The van der Waals surface area contributed by atoms with Crippen LogP contribution in [0.2, 0.25) is 0 Å². The molecular formula is C10H12FNO2. The number of hydrogen-bond acceptors (Lipinski definition) is 2. The Hall–Kier alpha value is -1.58. The highest BCUT2D eigenvalue weighted by atomic mass is 19.1. The highest BCUT2D eigenvalue weighted by Crippen LogP contribution is 2.20. The molecule has 0 heterocycles. The van der Waals surface area contributed by atoms with Crippen molar-refractivity contribution in [3.63, 3.8) is 0 Å². The molecule has 0 aliphatic heterocycles. The number of ether oxygens (including phenoxy) is 1. The van der Waals surface area contributed by atoms with Crippen molar-refractivity contribution in [2.75, 3.05) is 12.4 Å². The molecule has 0 saturated carbocycles. The molecule has 0 spiro atoms. The molecule has 0 unspecified atom stereocenters. The van der Waals surface area contributed by atoms with Crippen molar-refractivity contribution in [3.8, 4) is 5.75 Å². The third kappa shape index (κ3) is 2.45. The lowest BCUT2D eigenvalue weighted by atomic mass is 10.3. The molecule has 0 atom stereocenters. The number of anilines is 1. The van der Waals surface area contributed by atoms with Gasteiger partial charge in [-0.05, 0) is 12.1 Å². The van der Waals surface area contributed by atoms with Gasteiger partial charge in [0.1, 0.15) is 0 Å². The van der Waals surface area contributed by atoms with Crippen LogP contribution in [0.1, 0.15) is 13.3 Å². The predicted octanol–water partition coefficient (Wildman–Crippen LogP) is 2.18. The highest BCUT2D eigenvalue weighted by Gasteiger charge is 2.04. The van der Waals surface area contributed by atoms with Gasteiger partial charge in [-0.3, -0.25) is 4.79 Å². The van der Waals surface area contributed by atoms with E-state index in [0.29, 0.717) is 12.1 Å². The molecule has 0 aromatic heterocycles. The van der Waals surface area contributed by atoms with Crippen molar-refractivity contribution in [1.29, 1.82) is 0 Å². The number of methoxy groups -OCH3 is 1. The molecule has 76 valence electrons. The quantitative estimate of drug-likeness (QED) is 0.806. The average Bonchev–Trinajstić information content (AvgIpc) is 2.18. The van der Waals surface area contributed by atoms with Crippen molar-refractivity contribution in [1.82, 2.24) is 0 Å². The third-order valence-electron chi connectivity index (χ3n) is 1.76. The van der Waals surface area contributed by atoms with E-state index < -0.39 is 5.82 Å². The van der Waals surface area contributed by atoms with Gasteiger partial charge in [0.25, 0.3) is 0 Å². The van der Waals surface area contributed by atoms with Crippen LogP contribution in [0.4, 0.5) is 10.1 Å².